The van der Waals surface area contributed by atoms with Gasteiger partial charge < -0.3 is 4.42 Å². The summed E-state index contributed by atoms with van der Waals surface area (Å²) in [4.78, 5) is 0. The van der Waals surface area contributed by atoms with Gasteiger partial charge in [0.05, 0.1) is 11.1 Å². The fourth-order valence-electron chi connectivity index (χ4n) is 2.42. The highest BCUT2D eigenvalue weighted by atomic mass is 35.5. The number of nitrogens with one attached hydrogen (secondary N) is 1. The van der Waals surface area contributed by atoms with Gasteiger partial charge in [-0.2, -0.15) is 0 Å². The Morgan fingerprint density at radius 2 is 2.21 bits per heavy atom. The molecule has 1 aromatic heterocycles. The summed E-state index contributed by atoms with van der Waals surface area (Å²) < 4.78 is 5.88. The van der Waals surface area contributed by atoms with Gasteiger partial charge in [-0.3, -0.25) is 5.84 Å². The zero-order valence-corrected chi connectivity index (χ0v) is 12.2. The minimum absolute atomic E-state index is 0.0232. The van der Waals surface area contributed by atoms with E-state index in [4.69, 9.17) is 21.9 Å². The summed E-state index contributed by atoms with van der Waals surface area (Å²) in [5, 5.41) is 1.66. The van der Waals surface area contributed by atoms with E-state index in [2.05, 4.69) is 19.3 Å². The standard InChI is InChI=1S/C15H21ClN2O/c1-3-4-6-10(2)14(18-17)13-9-11-7-5-8-12(16)15(11)19-13/h5,7-10,14,18H,3-4,6,17H2,1-2H3. The maximum atomic E-state index is 6.14. The molecule has 4 heteroatoms. The van der Waals surface area contributed by atoms with Crippen LogP contribution in [0.2, 0.25) is 5.02 Å². The molecule has 104 valence electrons. The molecule has 0 saturated heterocycles. The van der Waals surface area contributed by atoms with Crippen molar-refractivity contribution in [2.75, 3.05) is 0 Å². The summed E-state index contributed by atoms with van der Waals surface area (Å²) in [7, 11) is 0. The third kappa shape index (κ3) is 3.11. The largest absolute Gasteiger partial charge is 0.458 e. The van der Waals surface area contributed by atoms with Gasteiger partial charge >= 0.3 is 0 Å². The summed E-state index contributed by atoms with van der Waals surface area (Å²) in [6.45, 7) is 4.38. The second-order valence-electron chi connectivity index (χ2n) is 5.07. The van der Waals surface area contributed by atoms with Gasteiger partial charge in [0.25, 0.3) is 0 Å². The van der Waals surface area contributed by atoms with Crippen LogP contribution in [0, 0.1) is 5.92 Å². The zero-order valence-electron chi connectivity index (χ0n) is 11.4. The lowest BCUT2D eigenvalue weighted by Gasteiger charge is -2.20. The van der Waals surface area contributed by atoms with Crippen LogP contribution in [0.25, 0.3) is 11.0 Å². The van der Waals surface area contributed by atoms with Crippen LogP contribution in [0.1, 0.15) is 44.9 Å². The monoisotopic (exact) mass is 280 g/mol. The van der Waals surface area contributed by atoms with Gasteiger partial charge in [0.2, 0.25) is 0 Å². The summed E-state index contributed by atoms with van der Waals surface area (Å²) >= 11 is 6.14. The Morgan fingerprint density at radius 1 is 1.42 bits per heavy atom. The molecular weight excluding hydrogens is 260 g/mol. The van der Waals surface area contributed by atoms with Crippen molar-refractivity contribution in [3.63, 3.8) is 0 Å². The fraction of sp³-hybridized carbons (Fsp3) is 0.467. The predicted octanol–water partition coefficient (Wildman–Crippen LogP) is 4.42. The molecule has 0 amide bonds. The van der Waals surface area contributed by atoms with Gasteiger partial charge in [0.1, 0.15) is 5.76 Å². The van der Waals surface area contributed by atoms with E-state index >= 15 is 0 Å². The van der Waals surface area contributed by atoms with Crippen LogP contribution >= 0.6 is 11.6 Å². The van der Waals surface area contributed by atoms with E-state index in [0.717, 1.165) is 23.2 Å². The van der Waals surface area contributed by atoms with Crippen LogP contribution in [-0.4, -0.2) is 0 Å². The number of unbranched alkanes of at least 4 members (excludes halogenated alkanes) is 1. The summed E-state index contributed by atoms with van der Waals surface area (Å²) in [5.41, 5.74) is 3.61. The first-order valence-corrected chi connectivity index (χ1v) is 7.19. The van der Waals surface area contributed by atoms with Gasteiger partial charge in [0.15, 0.2) is 5.58 Å². The number of para-hydroxylation sites is 1. The van der Waals surface area contributed by atoms with Crippen LogP contribution in [0.4, 0.5) is 0 Å². The summed E-state index contributed by atoms with van der Waals surface area (Å²) in [6, 6.07) is 7.81. The first-order valence-electron chi connectivity index (χ1n) is 6.81. The molecule has 2 aromatic rings. The molecule has 0 aliphatic heterocycles. The molecule has 1 heterocycles. The molecule has 2 unspecified atom stereocenters. The molecule has 0 fully saturated rings. The molecule has 0 aliphatic rings. The molecule has 0 radical (unpaired) electrons. The number of fused-ring (bicyclic) bond motifs is 1. The molecule has 0 aliphatic carbocycles. The van der Waals surface area contributed by atoms with Crippen molar-refractivity contribution in [3.8, 4) is 0 Å². The number of halogens is 1. The highest BCUT2D eigenvalue weighted by molar-refractivity contribution is 6.34. The number of hydrogen-bond donors (Lipinski definition) is 2. The van der Waals surface area contributed by atoms with Crippen LogP contribution in [0.5, 0.6) is 0 Å². The van der Waals surface area contributed by atoms with E-state index < -0.39 is 0 Å². The van der Waals surface area contributed by atoms with Crippen LogP contribution in [0.3, 0.4) is 0 Å². The van der Waals surface area contributed by atoms with E-state index in [1.165, 1.54) is 12.8 Å². The summed E-state index contributed by atoms with van der Waals surface area (Å²) in [5.74, 6) is 6.97. The molecular formula is C15H21ClN2O. The number of benzene rings is 1. The van der Waals surface area contributed by atoms with Crippen molar-refractivity contribution < 1.29 is 4.42 Å². The molecule has 0 spiro atoms. The van der Waals surface area contributed by atoms with Gasteiger partial charge in [-0.15, -0.1) is 0 Å². The van der Waals surface area contributed by atoms with Crippen molar-refractivity contribution in [2.24, 2.45) is 11.8 Å². The molecule has 3 nitrogen and oxygen atoms in total. The second-order valence-corrected chi connectivity index (χ2v) is 5.48. The normalized spacial score (nSPS) is 14.7. The van der Waals surface area contributed by atoms with E-state index in [9.17, 15) is 0 Å². The maximum absolute atomic E-state index is 6.14. The van der Waals surface area contributed by atoms with E-state index in [-0.39, 0.29) is 6.04 Å². The van der Waals surface area contributed by atoms with Crippen LogP contribution in [-0.2, 0) is 0 Å². The Bertz CT molecular complexity index is 538. The molecule has 0 bridgehead atoms. The number of hydrazine groups is 1. The first-order chi connectivity index (χ1) is 9.17. The van der Waals surface area contributed by atoms with Crippen LogP contribution in [0.15, 0.2) is 28.7 Å². The lowest BCUT2D eigenvalue weighted by Crippen LogP contribution is -2.32. The van der Waals surface area contributed by atoms with Crippen molar-refractivity contribution in [2.45, 2.75) is 39.2 Å². The third-order valence-electron chi connectivity index (χ3n) is 3.58. The Morgan fingerprint density at radius 3 is 2.84 bits per heavy atom. The van der Waals surface area contributed by atoms with Gasteiger partial charge in [-0.25, -0.2) is 5.43 Å². The van der Waals surface area contributed by atoms with Gasteiger partial charge in [-0.1, -0.05) is 50.4 Å². The van der Waals surface area contributed by atoms with E-state index in [1.54, 1.807) is 0 Å². The van der Waals surface area contributed by atoms with E-state index in [1.807, 2.05) is 24.3 Å². The Balaban J connectivity index is 2.27. The molecule has 3 N–H and O–H groups in total. The Kier molecular flexibility index (Phi) is 4.86. The highest BCUT2D eigenvalue weighted by Crippen LogP contribution is 2.33. The molecule has 2 atom stereocenters. The van der Waals surface area contributed by atoms with E-state index in [0.29, 0.717) is 10.9 Å². The number of rotatable bonds is 6. The average Bonchev–Trinajstić information content (AvgIpc) is 2.82. The fourth-order valence-corrected chi connectivity index (χ4v) is 2.64. The topological polar surface area (TPSA) is 51.2 Å². The molecule has 19 heavy (non-hydrogen) atoms. The van der Waals surface area contributed by atoms with Crippen molar-refractivity contribution in [1.29, 1.82) is 0 Å². The van der Waals surface area contributed by atoms with Crippen molar-refractivity contribution in [1.82, 2.24) is 5.43 Å². The average molecular weight is 281 g/mol. The Labute approximate surface area is 119 Å². The molecule has 0 saturated carbocycles. The second kappa shape index (κ2) is 6.42. The zero-order chi connectivity index (χ0) is 13.8. The third-order valence-corrected chi connectivity index (χ3v) is 3.88. The smallest absolute Gasteiger partial charge is 0.152 e. The predicted molar refractivity (Wildman–Crippen MR) is 80.0 cm³/mol. The number of furan rings is 1. The first kappa shape index (κ1) is 14.4. The SMILES string of the molecule is CCCCC(C)C(NN)c1cc2cccc(Cl)c2o1. The highest BCUT2D eigenvalue weighted by Gasteiger charge is 2.21. The maximum Gasteiger partial charge on any atom is 0.152 e. The number of nitrogens with two attached hydrogens (primary N) is 1. The molecule has 1 aromatic carbocycles. The Hall–Kier alpha value is -1.03. The number of hydrogen-bond acceptors (Lipinski definition) is 3. The summed E-state index contributed by atoms with van der Waals surface area (Å²) in [6.07, 6.45) is 3.50. The van der Waals surface area contributed by atoms with Crippen molar-refractivity contribution >= 4 is 22.6 Å². The van der Waals surface area contributed by atoms with Gasteiger partial charge in [0, 0.05) is 5.39 Å². The van der Waals surface area contributed by atoms with Gasteiger partial charge in [-0.05, 0) is 24.5 Å². The lowest BCUT2D eigenvalue weighted by molar-refractivity contribution is 0.317. The quantitative estimate of drug-likeness (QED) is 0.608. The lowest BCUT2D eigenvalue weighted by atomic mass is 9.94. The van der Waals surface area contributed by atoms with Crippen LogP contribution < -0.4 is 11.3 Å². The minimum Gasteiger partial charge on any atom is -0.458 e. The minimum atomic E-state index is 0.0232. The molecule has 2 rings (SSSR count). The van der Waals surface area contributed by atoms with Crippen molar-refractivity contribution in [3.05, 3.63) is 35.0 Å².